The molecular formula is C16H16F2INO2. The Kier molecular flexibility index (Phi) is 5.93. The number of hydrogen-bond acceptors (Lipinski definition) is 2. The highest BCUT2D eigenvalue weighted by molar-refractivity contribution is 14.1. The molecule has 3 nitrogen and oxygen atoms in total. The Hall–Kier alpha value is -1.44. The summed E-state index contributed by atoms with van der Waals surface area (Å²) in [6.45, 7) is 3.38. The molecule has 0 spiro atoms. The molecule has 0 aromatic heterocycles. The number of amides is 1. The summed E-state index contributed by atoms with van der Waals surface area (Å²) in [5, 5.41) is 0. The van der Waals surface area contributed by atoms with E-state index >= 15 is 0 Å². The van der Waals surface area contributed by atoms with Gasteiger partial charge in [-0.25, -0.2) is 8.78 Å². The van der Waals surface area contributed by atoms with Crippen LogP contribution in [0.5, 0.6) is 5.75 Å². The first-order valence-electron chi connectivity index (χ1n) is 6.80. The van der Waals surface area contributed by atoms with Gasteiger partial charge >= 0.3 is 0 Å². The molecule has 0 bridgehead atoms. The van der Waals surface area contributed by atoms with Gasteiger partial charge in [0, 0.05) is 5.70 Å². The molecule has 0 fully saturated rings. The van der Waals surface area contributed by atoms with Gasteiger partial charge in [-0.3, -0.25) is 4.79 Å². The number of hydrogen-bond donors (Lipinski definition) is 0. The van der Waals surface area contributed by atoms with Crippen LogP contribution in [-0.2, 0) is 4.79 Å². The average molecular weight is 419 g/mol. The number of alkyl halides is 3. The summed E-state index contributed by atoms with van der Waals surface area (Å²) >= 11 is 1.98. The number of nitrogens with zero attached hydrogens (tertiary/aromatic N) is 1. The lowest BCUT2D eigenvalue weighted by Crippen LogP contribution is -2.40. The van der Waals surface area contributed by atoms with Crippen molar-refractivity contribution in [3.8, 4) is 5.75 Å². The van der Waals surface area contributed by atoms with E-state index in [1.165, 1.54) is 4.90 Å². The third-order valence-electron chi connectivity index (χ3n) is 3.18. The zero-order chi connectivity index (χ0) is 16.1. The van der Waals surface area contributed by atoms with Gasteiger partial charge in [0.1, 0.15) is 12.4 Å². The Balaban J connectivity index is 2.23. The Morgan fingerprint density at radius 1 is 1.41 bits per heavy atom. The van der Waals surface area contributed by atoms with Crippen molar-refractivity contribution in [2.75, 3.05) is 13.2 Å². The van der Waals surface area contributed by atoms with Crippen LogP contribution < -0.4 is 4.74 Å². The highest BCUT2D eigenvalue weighted by Crippen LogP contribution is 2.30. The van der Waals surface area contributed by atoms with E-state index < -0.39 is 13.0 Å². The molecule has 118 valence electrons. The van der Waals surface area contributed by atoms with E-state index in [9.17, 15) is 13.6 Å². The van der Waals surface area contributed by atoms with Gasteiger partial charge in [-0.1, -0.05) is 41.3 Å². The van der Waals surface area contributed by atoms with Crippen LogP contribution in [0, 0.1) is 0 Å². The Morgan fingerprint density at radius 3 is 2.68 bits per heavy atom. The van der Waals surface area contributed by atoms with Crippen molar-refractivity contribution in [3.63, 3.8) is 0 Å². The summed E-state index contributed by atoms with van der Waals surface area (Å²) in [6.07, 6.45) is 1.45. The molecule has 1 aliphatic heterocycles. The number of carbonyl (C=O) groups excluding carboxylic acids is 1. The fraction of sp³-hybridized carbons (Fsp3) is 0.312. The molecule has 1 aliphatic rings. The molecule has 0 saturated carbocycles. The summed E-state index contributed by atoms with van der Waals surface area (Å²) in [6, 6.07) is 7.04. The normalized spacial score (nSPS) is 18.4. The molecule has 1 aromatic rings. The van der Waals surface area contributed by atoms with Crippen LogP contribution in [0.3, 0.4) is 0 Å². The van der Waals surface area contributed by atoms with Crippen molar-refractivity contribution in [2.24, 2.45) is 0 Å². The lowest BCUT2D eigenvalue weighted by Gasteiger charge is -2.31. The van der Waals surface area contributed by atoms with E-state index in [2.05, 4.69) is 6.58 Å². The molecule has 0 N–H and O–H groups in total. The number of rotatable bonds is 6. The van der Waals surface area contributed by atoms with Crippen LogP contribution in [0.1, 0.15) is 12.0 Å². The van der Waals surface area contributed by atoms with Crippen molar-refractivity contribution in [1.29, 1.82) is 0 Å². The first kappa shape index (κ1) is 16.9. The van der Waals surface area contributed by atoms with Gasteiger partial charge in [0.2, 0.25) is 5.91 Å². The first-order chi connectivity index (χ1) is 10.5. The van der Waals surface area contributed by atoms with Crippen LogP contribution in [0.4, 0.5) is 8.78 Å². The second kappa shape index (κ2) is 7.71. The van der Waals surface area contributed by atoms with Crippen molar-refractivity contribution in [2.45, 2.75) is 16.8 Å². The maximum Gasteiger partial charge on any atom is 0.256 e. The molecule has 0 aliphatic carbocycles. The maximum atomic E-state index is 12.8. The van der Waals surface area contributed by atoms with Crippen molar-refractivity contribution >= 4 is 34.2 Å². The zero-order valence-corrected chi connectivity index (χ0v) is 14.0. The third-order valence-corrected chi connectivity index (χ3v) is 4.22. The van der Waals surface area contributed by atoms with E-state index in [0.717, 1.165) is 5.56 Å². The van der Waals surface area contributed by atoms with Gasteiger partial charge < -0.3 is 9.64 Å². The maximum absolute atomic E-state index is 12.8. The minimum atomic E-state index is -2.57. The second-order valence-corrected chi connectivity index (χ2v) is 6.26. The van der Waals surface area contributed by atoms with Crippen molar-refractivity contribution in [1.82, 2.24) is 4.90 Å². The topological polar surface area (TPSA) is 29.5 Å². The fourth-order valence-corrected chi connectivity index (χ4v) is 2.78. The second-order valence-electron chi connectivity index (χ2n) is 4.76. The van der Waals surface area contributed by atoms with Gasteiger partial charge in [0.05, 0.1) is 10.5 Å². The number of halogens is 3. The molecule has 0 radical (unpaired) electrons. The number of benzene rings is 1. The minimum Gasteiger partial charge on any atom is -0.490 e. The Bertz CT molecular complexity index is 572. The van der Waals surface area contributed by atoms with Crippen LogP contribution in [0.2, 0.25) is 0 Å². The summed E-state index contributed by atoms with van der Waals surface area (Å²) in [5.74, 6) is 0.393. The molecule has 1 atom stereocenters. The highest BCUT2D eigenvalue weighted by Gasteiger charge is 2.31. The van der Waals surface area contributed by atoms with E-state index in [0.29, 0.717) is 24.5 Å². The number of carbonyl (C=O) groups is 1. The van der Waals surface area contributed by atoms with E-state index in [-0.39, 0.29) is 9.83 Å². The predicted molar refractivity (Wildman–Crippen MR) is 90.3 cm³/mol. The van der Waals surface area contributed by atoms with Crippen LogP contribution >= 0.6 is 22.6 Å². The van der Waals surface area contributed by atoms with Gasteiger partial charge in [-0.15, -0.1) is 0 Å². The largest absolute Gasteiger partial charge is 0.490 e. The molecule has 22 heavy (non-hydrogen) atoms. The van der Waals surface area contributed by atoms with Gasteiger partial charge in [-0.05, 0) is 36.2 Å². The van der Waals surface area contributed by atoms with Crippen LogP contribution in [0.25, 0.3) is 5.70 Å². The number of ether oxygens (including phenoxy) is 1. The molecule has 0 saturated heterocycles. The first-order valence-corrected chi connectivity index (χ1v) is 8.05. The minimum absolute atomic E-state index is 0.273. The van der Waals surface area contributed by atoms with Gasteiger partial charge in [0.15, 0.2) is 0 Å². The molecule has 1 aromatic carbocycles. The van der Waals surface area contributed by atoms with E-state index in [4.69, 9.17) is 4.74 Å². The van der Waals surface area contributed by atoms with Crippen molar-refractivity contribution in [3.05, 3.63) is 48.6 Å². The standard InChI is InChI=1S/C16H16F2INO2/c1-2-9-22-12-5-3-11(4-6-12)14-8-7-13(19)16(21)20(14)10-15(17)18/h2-6,8,13,15H,1,7,9-10H2. The van der Waals surface area contributed by atoms with Crippen LogP contribution in [-0.4, -0.2) is 34.3 Å². The van der Waals surface area contributed by atoms with Crippen LogP contribution in [0.15, 0.2) is 43.0 Å². The fourth-order valence-electron chi connectivity index (χ4n) is 2.19. The SMILES string of the molecule is C=CCOc1ccc(C2=CCC(I)C(=O)N2CC(F)F)cc1. The predicted octanol–water partition coefficient (Wildman–Crippen LogP) is 3.89. The summed E-state index contributed by atoms with van der Waals surface area (Å²) in [4.78, 5) is 13.3. The van der Waals surface area contributed by atoms with E-state index in [1.807, 2.05) is 28.7 Å². The monoisotopic (exact) mass is 419 g/mol. The Morgan fingerprint density at radius 2 is 2.09 bits per heavy atom. The summed E-state index contributed by atoms with van der Waals surface area (Å²) in [5.41, 5.74) is 1.26. The molecule has 1 heterocycles. The quantitative estimate of drug-likeness (QED) is 0.398. The molecule has 2 rings (SSSR count). The Labute approximate surface area is 141 Å². The molecule has 6 heteroatoms. The third kappa shape index (κ3) is 4.06. The van der Waals surface area contributed by atoms with Gasteiger partial charge in [-0.2, -0.15) is 0 Å². The van der Waals surface area contributed by atoms with Crippen molar-refractivity contribution < 1.29 is 18.3 Å². The lowest BCUT2D eigenvalue weighted by molar-refractivity contribution is -0.128. The lowest BCUT2D eigenvalue weighted by atomic mass is 10.0. The van der Waals surface area contributed by atoms with Gasteiger partial charge in [0.25, 0.3) is 6.43 Å². The molecule has 1 amide bonds. The number of allylic oxidation sites excluding steroid dienone is 1. The smallest absolute Gasteiger partial charge is 0.256 e. The highest BCUT2D eigenvalue weighted by atomic mass is 127. The molecular weight excluding hydrogens is 403 g/mol. The summed E-state index contributed by atoms with van der Waals surface area (Å²) in [7, 11) is 0. The zero-order valence-electron chi connectivity index (χ0n) is 11.8. The average Bonchev–Trinajstić information content (AvgIpc) is 2.50. The van der Waals surface area contributed by atoms with E-state index in [1.54, 1.807) is 30.3 Å². The summed E-state index contributed by atoms with van der Waals surface area (Å²) < 4.78 is 30.6. The molecule has 1 unspecified atom stereocenters.